The van der Waals surface area contributed by atoms with E-state index in [0.717, 1.165) is 16.4 Å². The first-order valence-electron chi connectivity index (χ1n) is 4.49. The Bertz CT molecular complexity index is 534. The minimum absolute atomic E-state index is 0.0200. The molecule has 0 aliphatic rings. The molecule has 4 nitrogen and oxygen atoms in total. The Kier molecular flexibility index (Phi) is 3.62. The smallest absolute Gasteiger partial charge is 0.207 e. The van der Waals surface area contributed by atoms with Crippen molar-refractivity contribution in [1.82, 2.24) is 4.31 Å². The summed E-state index contributed by atoms with van der Waals surface area (Å²) in [7, 11) is -2.40. The average molecular weight is 242 g/mol. The molecule has 0 spiro atoms. The van der Waals surface area contributed by atoms with Crippen LogP contribution in [-0.2, 0) is 10.0 Å². The Hall–Kier alpha value is -1.45. The largest absolute Gasteiger partial charge is 0.244 e. The molecule has 0 saturated heterocycles. The van der Waals surface area contributed by atoms with Crippen molar-refractivity contribution in [3.63, 3.8) is 0 Å². The summed E-state index contributed by atoms with van der Waals surface area (Å²) in [5.74, 6) is -0.487. The van der Waals surface area contributed by atoms with E-state index in [1.807, 2.05) is 0 Å². The SMILES string of the molecule is Cc1cc(F)ccc1S(=O)(=O)N(C)CC#N. The highest BCUT2D eigenvalue weighted by Crippen LogP contribution is 2.19. The fourth-order valence-corrected chi connectivity index (χ4v) is 2.52. The Morgan fingerprint density at radius 1 is 1.50 bits per heavy atom. The van der Waals surface area contributed by atoms with Gasteiger partial charge in [-0.05, 0) is 30.7 Å². The number of halogens is 1. The lowest BCUT2D eigenvalue weighted by Crippen LogP contribution is -2.27. The zero-order valence-corrected chi connectivity index (χ0v) is 9.75. The van der Waals surface area contributed by atoms with Crippen molar-refractivity contribution in [2.45, 2.75) is 11.8 Å². The van der Waals surface area contributed by atoms with Crippen molar-refractivity contribution in [2.24, 2.45) is 0 Å². The molecule has 86 valence electrons. The van der Waals surface area contributed by atoms with Crippen LogP contribution in [0.2, 0.25) is 0 Å². The fraction of sp³-hybridized carbons (Fsp3) is 0.300. The molecule has 0 radical (unpaired) electrons. The monoisotopic (exact) mass is 242 g/mol. The molecule has 0 bridgehead atoms. The number of nitriles is 1. The van der Waals surface area contributed by atoms with Crippen LogP contribution in [0, 0.1) is 24.1 Å². The summed E-state index contributed by atoms with van der Waals surface area (Å²) in [4.78, 5) is 0.0200. The van der Waals surface area contributed by atoms with Gasteiger partial charge < -0.3 is 0 Å². The van der Waals surface area contributed by atoms with Crippen LogP contribution in [-0.4, -0.2) is 26.3 Å². The molecule has 1 aromatic carbocycles. The Morgan fingerprint density at radius 3 is 2.62 bits per heavy atom. The summed E-state index contributed by atoms with van der Waals surface area (Å²) < 4.78 is 37.6. The zero-order valence-electron chi connectivity index (χ0n) is 8.94. The van der Waals surface area contributed by atoms with Gasteiger partial charge in [0.1, 0.15) is 12.4 Å². The molecule has 0 aliphatic heterocycles. The van der Waals surface area contributed by atoms with Gasteiger partial charge in [0.05, 0.1) is 11.0 Å². The molecule has 0 aliphatic carbocycles. The lowest BCUT2D eigenvalue weighted by atomic mass is 10.2. The van der Waals surface area contributed by atoms with Gasteiger partial charge >= 0.3 is 0 Å². The van der Waals surface area contributed by atoms with Gasteiger partial charge in [-0.1, -0.05) is 0 Å². The van der Waals surface area contributed by atoms with Gasteiger partial charge in [0.25, 0.3) is 0 Å². The molecule has 0 atom stereocenters. The standard InChI is InChI=1S/C10H11FN2O2S/c1-8-7-9(11)3-4-10(8)16(14,15)13(2)6-5-12/h3-4,7H,6H2,1-2H3. The molecule has 0 N–H and O–H groups in total. The summed E-state index contributed by atoms with van der Waals surface area (Å²) in [6.07, 6.45) is 0. The van der Waals surface area contributed by atoms with Crippen LogP contribution < -0.4 is 0 Å². The minimum atomic E-state index is -3.70. The molecule has 0 fully saturated rings. The number of hydrogen-bond acceptors (Lipinski definition) is 3. The first kappa shape index (κ1) is 12.6. The molecule has 0 saturated carbocycles. The van der Waals surface area contributed by atoms with E-state index in [-0.39, 0.29) is 11.4 Å². The first-order valence-corrected chi connectivity index (χ1v) is 5.93. The van der Waals surface area contributed by atoms with Gasteiger partial charge in [-0.2, -0.15) is 9.57 Å². The van der Waals surface area contributed by atoms with Gasteiger partial charge in [-0.25, -0.2) is 12.8 Å². The van der Waals surface area contributed by atoms with Gasteiger partial charge in [-0.15, -0.1) is 0 Å². The van der Waals surface area contributed by atoms with Crippen molar-refractivity contribution in [3.05, 3.63) is 29.6 Å². The topological polar surface area (TPSA) is 61.2 Å². The van der Waals surface area contributed by atoms with Crippen LogP contribution in [0.3, 0.4) is 0 Å². The minimum Gasteiger partial charge on any atom is -0.207 e. The van der Waals surface area contributed by atoms with E-state index >= 15 is 0 Å². The number of hydrogen-bond donors (Lipinski definition) is 0. The summed E-state index contributed by atoms with van der Waals surface area (Å²) in [5, 5.41) is 8.44. The number of benzene rings is 1. The second kappa shape index (κ2) is 4.60. The summed E-state index contributed by atoms with van der Waals surface area (Å²) >= 11 is 0. The number of sulfonamides is 1. The highest BCUT2D eigenvalue weighted by Gasteiger charge is 2.22. The van der Waals surface area contributed by atoms with Crippen molar-refractivity contribution in [3.8, 4) is 6.07 Å². The third-order valence-electron chi connectivity index (χ3n) is 2.12. The maximum Gasteiger partial charge on any atom is 0.244 e. The molecule has 0 amide bonds. The third kappa shape index (κ3) is 2.38. The molecule has 6 heteroatoms. The third-order valence-corrected chi connectivity index (χ3v) is 4.08. The average Bonchev–Trinajstić information content (AvgIpc) is 2.17. The van der Waals surface area contributed by atoms with E-state index < -0.39 is 15.8 Å². The summed E-state index contributed by atoms with van der Waals surface area (Å²) in [5.41, 5.74) is 0.324. The predicted octanol–water partition coefficient (Wildman–Crippen LogP) is 1.28. The zero-order chi connectivity index (χ0) is 12.3. The second-order valence-electron chi connectivity index (χ2n) is 3.33. The molecule has 16 heavy (non-hydrogen) atoms. The van der Waals surface area contributed by atoms with Gasteiger partial charge in [-0.3, -0.25) is 0 Å². The molecule has 1 rings (SSSR count). The van der Waals surface area contributed by atoms with E-state index in [0.29, 0.717) is 5.56 Å². The molecule has 0 unspecified atom stereocenters. The maximum absolute atomic E-state index is 12.8. The lowest BCUT2D eigenvalue weighted by molar-refractivity contribution is 0.500. The van der Waals surface area contributed by atoms with Gasteiger partial charge in [0.2, 0.25) is 10.0 Å². The van der Waals surface area contributed by atoms with Crippen molar-refractivity contribution in [2.75, 3.05) is 13.6 Å². The van der Waals surface area contributed by atoms with Crippen LogP contribution in [0.15, 0.2) is 23.1 Å². The summed E-state index contributed by atoms with van der Waals surface area (Å²) in [6.45, 7) is 1.27. The van der Waals surface area contributed by atoms with Crippen LogP contribution in [0.5, 0.6) is 0 Å². The van der Waals surface area contributed by atoms with Crippen LogP contribution in [0.4, 0.5) is 4.39 Å². The van der Waals surface area contributed by atoms with Crippen LogP contribution in [0.1, 0.15) is 5.56 Å². The van der Waals surface area contributed by atoms with E-state index in [4.69, 9.17) is 5.26 Å². The van der Waals surface area contributed by atoms with Crippen molar-refractivity contribution < 1.29 is 12.8 Å². The number of nitrogens with zero attached hydrogens (tertiary/aromatic N) is 2. The molecule has 1 aromatic rings. The molecule has 0 heterocycles. The van der Waals surface area contributed by atoms with E-state index in [1.165, 1.54) is 20.0 Å². The number of aryl methyl sites for hydroxylation is 1. The first-order chi connectivity index (χ1) is 7.39. The van der Waals surface area contributed by atoms with E-state index in [2.05, 4.69) is 0 Å². The van der Waals surface area contributed by atoms with E-state index in [9.17, 15) is 12.8 Å². The highest BCUT2D eigenvalue weighted by atomic mass is 32.2. The second-order valence-corrected chi connectivity index (χ2v) is 5.34. The predicted molar refractivity (Wildman–Crippen MR) is 56.6 cm³/mol. The highest BCUT2D eigenvalue weighted by molar-refractivity contribution is 7.89. The quantitative estimate of drug-likeness (QED) is 0.750. The Labute approximate surface area is 94.0 Å². The molecule has 0 aromatic heterocycles. The Morgan fingerprint density at radius 2 is 2.12 bits per heavy atom. The van der Waals surface area contributed by atoms with E-state index in [1.54, 1.807) is 6.07 Å². The normalized spacial score (nSPS) is 11.4. The van der Waals surface area contributed by atoms with Gasteiger partial charge in [0.15, 0.2) is 0 Å². The van der Waals surface area contributed by atoms with Crippen molar-refractivity contribution in [1.29, 1.82) is 5.26 Å². The van der Waals surface area contributed by atoms with Crippen LogP contribution in [0.25, 0.3) is 0 Å². The fourth-order valence-electron chi connectivity index (χ4n) is 1.25. The Balaban J connectivity index is 3.23. The maximum atomic E-state index is 12.8. The molecular weight excluding hydrogens is 231 g/mol. The van der Waals surface area contributed by atoms with Crippen LogP contribution >= 0.6 is 0 Å². The lowest BCUT2D eigenvalue weighted by Gasteiger charge is -2.15. The summed E-state index contributed by atoms with van der Waals surface area (Å²) in [6, 6.07) is 5.18. The molecular formula is C10H11FN2O2S. The number of rotatable bonds is 3. The van der Waals surface area contributed by atoms with Crippen molar-refractivity contribution >= 4 is 10.0 Å². The van der Waals surface area contributed by atoms with Gasteiger partial charge in [0, 0.05) is 7.05 Å².